The molecule has 1 aliphatic carbocycles. The van der Waals surface area contributed by atoms with Gasteiger partial charge in [-0.1, -0.05) is 0 Å². The molecule has 1 aliphatic rings. The minimum absolute atomic E-state index is 0.0342. The molecule has 0 aliphatic heterocycles. The zero-order valence-corrected chi connectivity index (χ0v) is 7.66. The molecule has 0 saturated heterocycles. The summed E-state index contributed by atoms with van der Waals surface area (Å²) in [5.41, 5.74) is 5.44. The standard InChI is InChI=1S/C8H14N4O/c1-5(9)4-12-8(13)10-7(11-12)6-2-3-6/h5-6H,2-4,9H2,1H3,(H,10,11,13). The van der Waals surface area contributed by atoms with Gasteiger partial charge in [-0.05, 0) is 19.8 Å². The monoisotopic (exact) mass is 182 g/mol. The molecule has 1 heterocycles. The molecule has 1 unspecified atom stereocenters. The highest BCUT2D eigenvalue weighted by Crippen LogP contribution is 2.37. The van der Waals surface area contributed by atoms with Crippen LogP contribution >= 0.6 is 0 Å². The zero-order valence-electron chi connectivity index (χ0n) is 7.66. The first-order valence-electron chi connectivity index (χ1n) is 4.59. The van der Waals surface area contributed by atoms with Gasteiger partial charge >= 0.3 is 5.69 Å². The molecule has 5 heteroatoms. The Hall–Kier alpha value is -1.10. The number of aromatic amines is 1. The van der Waals surface area contributed by atoms with Gasteiger partial charge in [0.25, 0.3) is 0 Å². The van der Waals surface area contributed by atoms with Crippen LogP contribution in [0.25, 0.3) is 0 Å². The fourth-order valence-corrected chi connectivity index (χ4v) is 1.31. The highest BCUT2D eigenvalue weighted by atomic mass is 16.1. The van der Waals surface area contributed by atoms with E-state index < -0.39 is 0 Å². The lowest BCUT2D eigenvalue weighted by Crippen LogP contribution is -2.29. The fourth-order valence-electron chi connectivity index (χ4n) is 1.31. The van der Waals surface area contributed by atoms with Crippen molar-refractivity contribution >= 4 is 0 Å². The summed E-state index contributed by atoms with van der Waals surface area (Å²) in [6, 6.07) is -0.0342. The molecule has 1 fully saturated rings. The van der Waals surface area contributed by atoms with Gasteiger partial charge in [0.05, 0.1) is 6.54 Å². The number of hydrogen-bond donors (Lipinski definition) is 2. The molecule has 3 N–H and O–H groups in total. The summed E-state index contributed by atoms with van der Waals surface area (Å²) in [7, 11) is 0. The number of nitrogens with zero attached hydrogens (tertiary/aromatic N) is 2. The normalized spacial score (nSPS) is 18.9. The van der Waals surface area contributed by atoms with E-state index in [1.165, 1.54) is 4.68 Å². The first-order valence-corrected chi connectivity index (χ1v) is 4.59. The first-order chi connectivity index (χ1) is 6.16. The molecule has 1 aromatic heterocycles. The van der Waals surface area contributed by atoms with Gasteiger partial charge in [-0.3, -0.25) is 4.98 Å². The van der Waals surface area contributed by atoms with Crippen molar-refractivity contribution in [2.75, 3.05) is 0 Å². The average molecular weight is 182 g/mol. The van der Waals surface area contributed by atoms with Crippen LogP contribution in [0.3, 0.4) is 0 Å². The number of nitrogens with one attached hydrogen (secondary N) is 1. The van der Waals surface area contributed by atoms with Gasteiger partial charge < -0.3 is 5.73 Å². The van der Waals surface area contributed by atoms with Crippen LogP contribution in [0.15, 0.2) is 4.79 Å². The van der Waals surface area contributed by atoms with Crippen LogP contribution in [0, 0.1) is 0 Å². The summed E-state index contributed by atoms with van der Waals surface area (Å²) in [5.74, 6) is 1.31. The number of hydrogen-bond acceptors (Lipinski definition) is 3. The van der Waals surface area contributed by atoms with Gasteiger partial charge in [0.1, 0.15) is 5.82 Å². The van der Waals surface area contributed by atoms with Crippen LogP contribution in [0.5, 0.6) is 0 Å². The summed E-state index contributed by atoms with van der Waals surface area (Å²) in [6.45, 7) is 2.35. The largest absolute Gasteiger partial charge is 0.343 e. The van der Waals surface area contributed by atoms with Crippen LogP contribution in [0.2, 0.25) is 0 Å². The maximum Gasteiger partial charge on any atom is 0.343 e. The zero-order chi connectivity index (χ0) is 9.42. The molecule has 2 rings (SSSR count). The lowest BCUT2D eigenvalue weighted by molar-refractivity contribution is 0.520. The topological polar surface area (TPSA) is 76.7 Å². The molecule has 1 saturated carbocycles. The first kappa shape index (κ1) is 8.50. The average Bonchev–Trinajstić information content (AvgIpc) is 2.79. The van der Waals surface area contributed by atoms with Crippen molar-refractivity contribution in [2.45, 2.75) is 38.3 Å². The lowest BCUT2D eigenvalue weighted by atomic mass is 10.4. The van der Waals surface area contributed by atoms with Gasteiger partial charge in [-0.15, -0.1) is 0 Å². The molecule has 0 spiro atoms. The van der Waals surface area contributed by atoms with Crippen LogP contribution in [-0.2, 0) is 6.54 Å². The van der Waals surface area contributed by atoms with Gasteiger partial charge in [0.2, 0.25) is 0 Å². The second kappa shape index (κ2) is 2.99. The molecule has 5 nitrogen and oxygen atoms in total. The van der Waals surface area contributed by atoms with Crippen molar-refractivity contribution in [2.24, 2.45) is 5.73 Å². The Morgan fingerprint density at radius 3 is 3.00 bits per heavy atom. The third-order valence-electron chi connectivity index (χ3n) is 2.12. The van der Waals surface area contributed by atoms with E-state index in [4.69, 9.17) is 5.73 Å². The van der Waals surface area contributed by atoms with Crippen molar-refractivity contribution in [3.63, 3.8) is 0 Å². The smallest absolute Gasteiger partial charge is 0.326 e. The van der Waals surface area contributed by atoms with Gasteiger partial charge in [0.15, 0.2) is 0 Å². The molecule has 1 aromatic rings. The number of nitrogens with two attached hydrogens (primary N) is 1. The Kier molecular flexibility index (Phi) is 1.95. The molecule has 13 heavy (non-hydrogen) atoms. The number of rotatable bonds is 3. The minimum atomic E-state index is -0.140. The second-order valence-corrected chi connectivity index (χ2v) is 3.75. The third kappa shape index (κ3) is 1.80. The van der Waals surface area contributed by atoms with Crippen LogP contribution in [0.1, 0.15) is 31.5 Å². The highest BCUT2D eigenvalue weighted by molar-refractivity contribution is 5.02. The Morgan fingerprint density at radius 2 is 2.46 bits per heavy atom. The highest BCUT2D eigenvalue weighted by Gasteiger charge is 2.27. The number of H-pyrrole nitrogens is 1. The molecule has 72 valence electrons. The van der Waals surface area contributed by atoms with E-state index in [1.807, 2.05) is 6.92 Å². The summed E-state index contributed by atoms with van der Waals surface area (Å²) in [4.78, 5) is 14.0. The van der Waals surface area contributed by atoms with Crippen molar-refractivity contribution in [3.05, 3.63) is 16.3 Å². The molecule has 0 aromatic carbocycles. The predicted molar refractivity (Wildman–Crippen MR) is 48.5 cm³/mol. The maximum absolute atomic E-state index is 11.3. The van der Waals surface area contributed by atoms with E-state index in [0.29, 0.717) is 12.5 Å². The molecule has 1 atom stereocenters. The third-order valence-corrected chi connectivity index (χ3v) is 2.12. The number of aromatic nitrogens is 3. The summed E-state index contributed by atoms with van der Waals surface area (Å²) in [6.07, 6.45) is 2.29. The fraction of sp³-hybridized carbons (Fsp3) is 0.750. The Labute approximate surface area is 75.9 Å². The molecule has 0 bridgehead atoms. The second-order valence-electron chi connectivity index (χ2n) is 3.75. The van der Waals surface area contributed by atoms with E-state index in [1.54, 1.807) is 0 Å². The van der Waals surface area contributed by atoms with Crippen LogP contribution in [0.4, 0.5) is 0 Å². The SMILES string of the molecule is CC(N)Cn1nc(C2CC2)[nH]c1=O. The summed E-state index contributed by atoms with van der Waals surface area (Å²) >= 11 is 0. The van der Waals surface area contributed by atoms with Crippen molar-refractivity contribution < 1.29 is 0 Å². The van der Waals surface area contributed by atoms with Crippen molar-refractivity contribution in [1.82, 2.24) is 14.8 Å². The Bertz CT molecular complexity index is 347. The molecule has 0 amide bonds. The molecule has 0 radical (unpaired) electrons. The van der Waals surface area contributed by atoms with E-state index in [9.17, 15) is 4.79 Å². The van der Waals surface area contributed by atoms with Gasteiger partial charge in [0, 0.05) is 12.0 Å². The van der Waals surface area contributed by atoms with E-state index >= 15 is 0 Å². The maximum atomic E-state index is 11.3. The Balaban J connectivity index is 2.20. The van der Waals surface area contributed by atoms with Gasteiger partial charge in [-0.2, -0.15) is 5.10 Å². The lowest BCUT2D eigenvalue weighted by Gasteiger charge is -2.01. The predicted octanol–water partition coefficient (Wildman–Crippen LogP) is -0.204. The summed E-state index contributed by atoms with van der Waals surface area (Å²) in [5, 5.41) is 4.18. The van der Waals surface area contributed by atoms with Crippen LogP contribution < -0.4 is 11.4 Å². The summed E-state index contributed by atoms with van der Waals surface area (Å²) < 4.78 is 1.42. The van der Waals surface area contributed by atoms with E-state index in [2.05, 4.69) is 10.1 Å². The van der Waals surface area contributed by atoms with Crippen LogP contribution in [-0.4, -0.2) is 20.8 Å². The van der Waals surface area contributed by atoms with Crippen molar-refractivity contribution in [3.8, 4) is 0 Å². The van der Waals surface area contributed by atoms with Gasteiger partial charge in [-0.25, -0.2) is 9.48 Å². The molecular weight excluding hydrogens is 168 g/mol. The van der Waals surface area contributed by atoms with Crippen molar-refractivity contribution in [1.29, 1.82) is 0 Å². The quantitative estimate of drug-likeness (QED) is 0.679. The van der Waals surface area contributed by atoms with E-state index in [0.717, 1.165) is 18.7 Å². The molecular formula is C8H14N4O. The van der Waals surface area contributed by atoms with E-state index in [-0.39, 0.29) is 11.7 Å². The Morgan fingerprint density at radius 1 is 1.77 bits per heavy atom. The minimum Gasteiger partial charge on any atom is -0.326 e.